The summed E-state index contributed by atoms with van der Waals surface area (Å²) >= 11 is 0. The molecule has 0 amide bonds. The van der Waals surface area contributed by atoms with Gasteiger partial charge in [0.25, 0.3) is 5.69 Å². The maximum absolute atomic E-state index is 12.1. The van der Waals surface area contributed by atoms with E-state index in [2.05, 4.69) is 0 Å². The SMILES string of the molecule is COc1cc([N+](=O)[O-])ccc1OCC(=O)C1CCCCC1. The number of benzene rings is 1. The van der Waals surface area contributed by atoms with Crippen LogP contribution in [0.4, 0.5) is 5.69 Å². The van der Waals surface area contributed by atoms with Crippen molar-refractivity contribution in [1.29, 1.82) is 0 Å². The van der Waals surface area contributed by atoms with Crippen molar-refractivity contribution in [1.82, 2.24) is 0 Å². The number of hydrogen-bond donors (Lipinski definition) is 0. The van der Waals surface area contributed by atoms with Gasteiger partial charge in [0.2, 0.25) is 0 Å². The van der Waals surface area contributed by atoms with E-state index in [1.165, 1.54) is 31.7 Å². The number of carbonyl (C=O) groups excluding carboxylic acids is 1. The zero-order chi connectivity index (χ0) is 15.2. The van der Waals surface area contributed by atoms with Crippen molar-refractivity contribution in [3.8, 4) is 11.5 Å². The summed E-state index contributed by atoms with van der Waals surface area (Å²) in [6, 6.07) is 4.09. The van der Waals surface area contributed by atoms with E-state index in [0.29, 0.717) is 5.75 Å². The minimum absolute atomic E-state index is 0.0150. The molecular formula is C15H19NO5. The van der Waals surface area contributed by atoms with Gasteiger partial charge in [-0.25, -0.2) is 0 Å². The van der Waals surface area contributed by atoms with Gasteiger partial charge < -0.3 is 9.47 Å². The lowest BCUT2D eigenvalue weighted by Gasteiger charge is -2.20. The van der Waals surface area contributed by atoms with Crippen LogP contribution in [0.1, 0.15) is 32.1 Å². The van der Waals surface area contributed by atoms with Crippen molar-refractivity contribution in [2.24, 2.45) is 5.92 Å². The largest absolute Gasteiger partial charge is 0.493 e. The third kappa shape index (κ3) is 3.93. The third-order valence-corrected chi connectivity index (χ3v) is 3.79. The zero-order valence-electron chi connectivity index (χ0n) is 12.0. The number of nitro groups is 1. The van der Waals surface area contributed by atoms with Gasteiger partial charge in [-0.05, 0) is 18.9 Å². The molecule has 1 aromatic carbocycles. The highest BCUT2D eigenvalue weighted by atomic mass is 16.6. The summed E-state index contributed by atoms with van der Waals surface area (Å²) < 4.78 is 10.6. The van der Waals surface area contributed by atoms with Crippen LogP contribution in [-0.2, 0) is 4.79 Å². The van der Waals surface area contributed by atoms with Gasteiger partial charge in [0.15, 0.2) is 17.3 Å². The van der Waals surface area contributed by atoms with Crippen molar-refractivity contribution in [2.45, 2.75) is 32.1 Å². The molecule has 0 radical (unpaired) electrons. The lowest BCUT2D eigenvalue weighted by Crippen LogP contribution is -2.23. The van der Waals surface area contributed by atoms with Crippen LogP contribution in [0.15, 0.2) is 18.2 Å². The second-order valence-corrected chi connectivity index (χ2v) is 5.18. The lowest BCUT2D eigenvalue weighted by atomic mass is 9.86. The zero-order valence-corrected chi connectivity index (χ0v) is 12.0. The average molecular weight is 293 g/mol. The Bertz CT molecular complexity index is 523. The van der Waals surface area contributed by atoms with Crippen molar-refractivity contribution < 1.29 is 19.2 Å². The molecule has 1 fully saturated rings. The Morgan fingerprint density at radius 3 is 2.62 bits per heavy atom. The molecule has 0 spiro atoms. The molecule has 0 heterocycles. The van der Waals surface area contributed by atoms with Crippen LogP contribution in [0, 0.1) is 16.0 Å². The molecule has 21 heavy (non-hydrogen) atoms. The van der Waals surface area contributed by atoms with E-state index in [0.717, 1.165) is 25.7 Å². The van der Waals surface area contributed by atoms with Crippen LogP contribution in [0.2, 0.25) is 0 Å². The Morgan fingerprint density at radius 1 is 1.29 bits per heavy atom. The summed E-state index contributed by atoms with van der Waals surface area (Å²) in [5.74, 6) is 0.797. The first-order chi connectivity index (χ1) is 10.1. The molecule has 1 aliphatic rings. The van der Waals surface area contributed by atoms with Crippen molar-refractivity contribution >= 4 is 11.5 Å². The molecule has 1 saturated carbocycles. The van der Waals surface area contributed by atoms with Crippen LogP contribution in [0.5, 0.6) is 11.5 Å². The molecule has 0 aromatic heterocycles. The lowest BCUT2D eigenvalue weighted by molar-refractivity contribution is -0.384. The Hall–Kier alpha value is -2.11. The fraction of sp³-hybridized carbons (Fsp3) is 0.533. The Kier molecular flexibility index (Phi) is 5.14. The first-order valence-electron chi connectivity index (χ1n) is 7.09. The van der Waals surface area contributed by atoms with Crippen LogP contribution in [-0.4, -0.2) is 24.4 Å². The Labute approximate surface area is 123 Å². The second kappa shape index (κ2) is 7.06. The molecule has 114 valence electrons. The number of ether oxygens (including phenoxy) is 2. The second-order valence-electron chi connectivity index (χ2n) is 5.18. The molecule has 1 aromatic rings. The Morgan fingerprint density at radius 2 is 2.00 bits per heavy atom. The minimum atomic E-state index is -0.501. The molecule has 6 nitrogen and oxygen atoms in total. The molecule has 6 heteroatoms. The first kappa shape index (κ1) is 15.3. The van der Waals surface area contributed by atoms with Crippen LogP contribution in [0.3, 0.4) is 0 Å². The maximum Gasteiger partial charge on any atom is 0.273 e. The van der Waals surface area contributed by atoms with Gasteiger partial charge in [0, 0.05) is 12.0 Å². The molecular weight excluding hydrogens is 274 g/mol. The molecule has 0 atom stereocenters. The number of rotatable bonds is 6. The number of methoxy groups -OCH3 is 1. The van der Waals surface area contributed by atoms with Crippen LogP contribution < -0.4 is 9.47 Å². The van der Waals surface area contributed by atoms with Crippen molar-refractivity contribution in [3.05, 3.63) is 28.3 Å². The molecule has 0 unspecified atom stereocenters. The highest BCUT2D eigenvalue weighted by molar-refractivity contribution is 5.82. The van der Waals surface area contributed by atoms with E-state index >= 15 is 0 Å². The van der Waals surface area contributed by atoms with Gasteiger partial charge in [-0.15, -0.1) is 0 Å². The van der Waals surface area contributed by atoms with E-state index in [1.54, 1.807) is 0 Å². The van der Waals surface area contributed by atoms with Crippen molar-refractivity contribution in [3.63, 3.8) is 0 Å². The quantitative estimate of drug-likeness (QED) is 0.594. The summed E-state index contributed by atoms with van der Waals surface area (Å²) in [6.07, 6.45) is 5.24. The normalized spacial score (nSPS) is 15.5. The van der Waals surface area contributed by atoms with Crippen molar-refractivity contribution in [2.75, 3.05) is 13.7 Å². The molecule has 0 saturated heterocycles. The van der Waals surface area contributed by atoms with Gasteiger partial charge in [-0.1, -0.05) is 19.3 Å². The fourth-order valence-electron chi connectivity index (χ4n) is 2.58. The monoisotopic (exact) mass is 293 g/mol. The van der Waals surface area contributed by atoms with Gasteiger partial charge in [0.05, 0.1) is 18.1 Å². The number of ketones is 1. The highest BCUT2D eigenvalue weighted by Gasteiger charge is 2.22. The van der Waals surface area contributed by atoms with E-state index < -0.39 is 4.92 Å². The predicted molar refractivity (Wildman–Crippen MR) is 76.7 cm³/mol. The number of nitro benzene ring substituents is 1. The number of nitrogens with zero attached hydrogens (tertiary/aromatic N) is 1. The molecule has 0 bridgehead atoms. The van der Waals surface area contributed by atoms with Gasteiger partial charge >= 0.3 is 0 Å². The number of non-ortho nitro benzene ring substituents is 1. The first-order valence-corrected chi connectivity index (χ1v) is 7.09. The van der Waals surface area contributed by atoms with E-state index in [1.807, 2.05) is 0 Å². The van der Waals surface area contributed by atoms with E-state index in [-0.39, 0.29) is 29.7 Å². The standard InChI is InChI=1S/C15H19NO5/c1-20-15-9-12(16(18)19)7-8-14(15)21-10-13(17)11-5-3-2-4-6-11/h7-9,11H,2-6,10H2,1H3. The molecule has 0 N–H and O–H groups in total. The summed E-state index contributed by atoms with van der Waals surface area (Å²) in [7, 11) is 1.41. The van der Waals surface area contributed by atoms with Crippen LogP contribution >= 0.6 is 0 Å². The Balaban J connectivity index is 1.98. The highest BCUT2D eigenvalue weighted by Crippen LogP contribution is 2.31. The summed E-state index contributed by atoms with van der Waals surface area (Å²) in [5, 5.41) is 10.7. The number of hydrogen-bond acceptors (Lipinski definition) is 5. The third-order valence-electron chi connectivity index (χ3n) is 3.79. The summed E-state index contributed by atoms with van der Waals surface area (Å²) in [6.45, 7) is -0.0150. The fourth-order valence-corrected chi connectivity index (χ4v) is 2.58. The number of Topliss-reactive ketones (excluding diaryl/α,β-unsaturated/α-hetero) is 1. The van der Waals surface area contributed by atoms with Gasteiger partial charge in [-0.2, -0.15) is 0 Å². The van der Waals surface area contributed by atoms with Gasteiger partial charge in [0.1, 0.15) is 6.61 Å². The maximum atomic E-state index is 12.1. The summed E-state index contributed by atoms with van der Waals surface area (Å²) in [5.41, 5.74) is -0.0715. The predicted octanol–water partition coefficient (Wildman–Crippen LogP) is 3.13. The summed E-state index contributed by atoms with van der Waals surface area (Å²) in [4.78, 5) is 22.3. The smallest absolute Gasteiger partial charge is 0.273 e. The van der Waals surface area contributed by atoms with E-state index in [9.17, 15) is 14.9 Å². The number of carbonyl (C=O) groups is 1. The average Bonchev–Trinajstić information content (AvgIpc) is 2.53. The van der Waals surface area contributed by atoms with Gasteiger partial charge in [-0.3, -0.25) is 14.9 Å². The molecule has 0 aliphatic heterocycles. The minimum Gasteiger partial charge on any atom is -0.493 e. The molecule has 2 rings (SSSR count). The molecule has 1 aliphatic carbocycles. The topological polar surface area (TPSA) is 78.7 Å². The van der Waals surface area contributed by atoms with E-state index in [4.69, 9.17) is 9.47 Å². The van der Waals surface area contributed by atoms with Crippen LogP contribution in [0.25, 0.3) is 0 Å².